The zero-order chi connectivity index (χ0) is 14.8. The third-order valence-corrected chi connectivity index (χ3v) is 3.52. The van der Waals surface area contributed by atoms with Crippen molar-refractivity contribution in [3.05, 3.63) is 47.2 Å². The Labute approximate surface area is 129 Å². The van der Waals surface area contributed by atoms with Crippen molar-refractivity contribution >= 4 is 32.5 Å². The number of Topliss-reactive ketones (excluding diaryl/α,β-unsaturated/α-hetero) is 1. The molecule has 1 heterocycles. The summed E-state index contributed by atoms with van der Waals surface area (Å²) < 4.78 is 7.70. The van der Waals surface area contributed by atoms with Crippen LogP contribution < -0.4 is 4.74 Å². The van der Waals surface area contributed by atoms with Crippen LogP contribution in [0.3, 0.4) is 0 Å². The van der Waals surface area contributed by atoms with Crippen LogP contribution in [-0.2, 0) is 4.79 Å². The molecule has 0 N–H and O–H groups in total. The molecule has 3 rings (SSSR count). The molecule has 5 nitrogen and oxygen atoms in total. The Morgan fingerprint density at radius 2 is 1.95 bits per heavy atom. The second-order valence-corrected chi connectivity index (χ2v) is 5.29. The van der Waals surface area contributed by atoms with Gasteiger partial charge in [-0.3, -0.25) is 4.79 Å². The lowest BCUT2D eigenvalue weighted by Gasteiger charge is -2.11. The maximum atomic E-state index is 11.1. The molecule has 0 aliphatic heterocycles. The molecule has 0 amide bonds. The molecule has 3 aromatic rings. The lowest BCUT2D eigenvalue weighted by molar-refractivity contribution is -0.119. The molecule has 0 atom stereocenters. The third kappa shape index (κ3) is 2.67. The van der Waals surface area contributed by atoms with Gasteiger partial charge < -0.3 is 4.74 Å². The molecule has 0 fully saturated rings. The number of carbonyl (C=O) groups is 1. The summed E-state index contributed by atoms with van der Waals surface area (Å²) in [6.07, 6.45) is 0. The Morgan fingerprint density at radius 3 is 2.76 bits per heavy atom. The number of ether oxygens (including phenoxy) is 1. The largest absolute Gasteiger partial charge is 0.455 e. The lowest BCUT2D eigenvalue weighted by Crippen LogP contribution is -2.10. The van der Waals surface area contributed by atoms with Gasteiger partial charge in [-0.25, -0.2) is 4.57 Å². The zero-order valence-electron chi connectivity index (χ0n) is 11.3. The molecule has 6 heteroatoms. The number of hydrogen-bond acceptors (Lipinski definition) is 4. The Morgan fingerprint density at radius 1 is 1.19 bits per heavy atom. The summed E-state index contributed by atoms with van der Waals surface area (Å²) in [7, 11) is 0. The summed E-state index contributed by atoms with van der Waals surface area (Å²) >= 11 is 3.37. The van der Waals surface area contributed by atoms with E-state index in [1.807, 2.05) is 42.5 Å². The number of nitrogens with zero attached hydrogens (tertiary/aromatic N) is 3. The van der Waals surface area contributed by atoms with Crippen LogP contribution >= 0.6 is 15.9 Å². The Kier molecular flexibility index (Phi) is 3.70. The summed E-state index contributed by atoms with van der Waals surface area (Å²) in [5, 5.41) is 10.1. The number of carbonyl (C=O) groups excluding carboxylic acids is 1. The molecule has 21 heavy (non-hydrogen) atoms. The van der Waals surface area contributed by atoms with Crippen molar-refractivity contribution in [2.75, 3.05) is 6.61 Å². The number of benzene rings is 2. The first-order valence-corrected chi connectivity index (χ1v) is 7.17. The van der Waals surface area contributed by atoms with Gasteiger partial charge in [0, 0.05) is 5.39 Å². The fraction of sp³-hybridized carbons (Fsp3) is 0.133. The number of hydrogen-bond donors (Lipinski definition) is 0. The highest BCUT2D eigenvalue weighted by Crippen LogP contribution is 2.28. The Hall–Kier alpha value is -2.21. The van der Waals surface area contributed by atoms with Gasteiger partial charge in [-0.2, -0.15) is 0 Å². The first kappa shape index (κ1) is 13.8. The second-order valence-electron chi connectivity index (χ2n) is 4.58. The molecule has 0 bridgehead atoms. The zero-order valence-corrected chi connectivity index (χ0v) is 12.9. The third-order valence-electron chi connectivity index (χ3n) is 3.01. The summed E-state index contributed by atoms with van der Waals surface area (Å²) in [5.74, 6) is -0.0707. The smallest absolute Gasteiger partial charge is 0.322 e. The van der Waals surface area contributed by atoms with Gasteiger partial charge in [-0.05, 0) is 34.3 Å². The van der Waals surface area contributed by atoms with E-state index in [0.717, 1.165) is 16.5 Å². The highest BCUT2D eigenvalue weighted by Gasteiger charge is 2.15. The van der Waals surface area contributed by atoms with Crippen molar-refractivity contribution in [1.29, 1.82) is 0 Å². The van der Waals surface area contributed by atoms with Gasteiger partial charge in [-0.15, -0.1) is 5.10 Å². The van der Waals surface area contributed by atoms with Crippen LogP contribution in [0.2, 0.25) is 0 Å². The minimum Gasteiger partial charge on any atom is -0.455 e. The van der Waals surface area contributed by atoms with Crippen molar-refractivity contribution in [3.63, 3.8) is 0 Å². The van der Waals surface area contributed by atoms with Crippen LogP contribution in [-0.4, -0.2) is 27.2 Å². The van der Waals surface area contributed by atoms with Crippen LogP contribution in [0.5, 0.6) is 6.01 Å². The minimum absolute atomic E-state index is 0.0318. The van der Waals surface area contributed by atoms with Crippen molar-refractivity contribution in [3.8, 4) is 11.7 Å². The predicted molar refractivity (Wildman–Crippen MR) is 82.7 cm³/mol. The van der Waals surface area contributed by atoms with Crippen LogP contribution in [0.25, 0.3) is 16.5 Å². The van der Waals surface area contributed by atoms with E-state index in [4.69, 9.17) is 4.74 Å². The van der Waals surface area contributed by atoms with E-state index in [2.05, 4.69) is 26.1 Å². The molecular weight excluding hydrogens is 334 g/mol. The molecule has 0 aliphatic carbocycles. The van der Waals surface area contributed by atoms with Crippen molar-refractivity contribution < 1.29 is 9.53 Å². The number of fused-ring (bicyclic) bond motifs is 1. The maximum absolute atomic E-state index is 11.1. The fourth-order valence-electron chi connectivity index (χ4n) is 2.12. The Balaban J connectivity index is 2.14. The summed E-state index contributed by atoms with van der Waals surface area (Å²) in [6.45, 7) is 1.43. The van der Waals surface area contributed by atoms with Gasteiger partial charge in [0.2, 0.25) is 4.73 Å². The first-order chi connectivity index (χ1) is 10.2. The normalized spacial score (nSPS) is 10.8. The van der Waals surface area contributed by atoms with Crippen molar-refractivity contribution in [2.45, 2.75) is 6.92 Å². The maximum Gasteiger partial charge on any atom is 0.322 e. The quantitative estimate of drug-likeness (QED) is 0.728. The Bertz CT molecular complexity index is 808. The monoisotopic (exact) mass is 345 g/mol. The average Bonchev–Trinajstić information content (AvgIpc) is 2.85. The summed E-state index contributed by atoms with van der Waals surface area (Å²) in [4.78, 5) is 11.1. The molecule has 0 saturated heterocycles. The lowest BCUT2D eigenvalue weighted by atomic mass is 10.1. The van der Waals surface area contributed by atoms with E-state index in [1.54, 1.807) is 4.57 Å². The van der Waals surface area contributed by atoms with Crippen molar-refractivity contribution in [2.24, 2.45) is 0 Å². The van der Waals surface area contributed by atoms with Crippen LogP contribution in [0.1, 0.15) is 6.92 Å². The van der Waals surface area contributed by atoms with Gasteiger partial charge in [0.15, 0.2) is 5.78 Å². The van der Waals surface area contributed by atoms with Gasteiger partial charge in [0.1, 0.15) is 6.61 Å². The molecule has 0 unspecified atom stereocenters. The molecule has 0 saturated carbocycles. The fourth-order valence-corrected chi connectivity index (χ4v) is 2.54. The molecule has 106 valence electrons. The topological polar surface area (TPSA) is 57.0 Å². The highest BCUT2D eigenvalue weighted by atomic mass is 79.9. The van der Waals surface area contributed by atoms with E-state index >= 15 is 0 Å². The summed E-state index contributed by atoms with van der Waals surface area (Å²) in [5.41, 5.74) is 0.892. The average molecular weight is 346 g/mol. The second kappa shape index (κ2) is 5.65. The highest BCUT2D eigenvalue weighted by molar-refractivity contribution is 9.10. The van der Waals surface area contributed by atoms with E-state index in [9.17, 15) is 4.79 Å². The van der Waals surface area contributed by atoms with Gasteiger partial charge in [-0.1, -0.05) is 41.5 Å². The van der Waals surface area contributed by atoms with E-state index in [1.165, 1.54) is 6.92 Å². The van der Waals surface area contributed by atoms with Gasteiger partial charge >= 0.3 is 6.01 Å². The molecule has 0 radical (unpaired) electrons. The van der Waals surface area contributed by atoms with Crippen LogP contribution in [0, 0.1) is 0 Å². The van der Waals surface area contributed by atoms with E-state index in [-0.39, 0.29) is 18.4 Å². The molecule has 2 aromatic carbocycles. The van der Waals surface area contributed by atoms with Gasteiger partial charge in [0.05, 0.1) is 5.69 Å². The van der Waals surface area contributed by atoms with Crippen LogP contribution in [0.4, 0.5) is 0 Å². The number of ketones is 1. The van der Waals surface area contributed by atoms with Crippen LogP contribution in [0.15, 0.2) is 47.2 Å². The van der Waals surface area contributed by atoms with E-state index in [0.29, 0.717) is 4.73 Å². The molecule has 0 aliphatic rings. The number of rotatable bonds is 4. The first-order valence-electron chi connectivity index (χ1n) is 6.38. The summed E-state index contributed by atoms with van der Waals surface area (Å²) in [6, 6.07) is 14.2. The molecule has 0 spiro atoms. The van der Waals surface area contributed by atoms with Crippen molar-refractivity contribution in [1.82, 2.24) is 14.8 Å². The standard InChI is InChI=1S/C15H12BrN3O2/c1-10(20)9-21-15-18-17-14(16)19(15)13-8-4-6-11-5-2-3-7-12(11)13/h2-8H,9H2,1H3. The van der Waals surface area contributed by atoms with E-state index < -0.39 is 0 Å². The predicted octanol–water partition coefficient (Wildman–Crippen LogP) is 3.15. The van der Waals surface area contributed by atoms with Gasteiger partial charge in [0.25, 0.3) is 0 Å². The SMILES string of the molecule is CC(=O)COc1nnc(Br)n1-c1cccc2ccccc12. The minimum atomic E-state index is -0.0707. The number of halogens is 1. The number of aromatic nitrogens is 3. The molecular formula is C15H12BrN3O2. The molecule has 1 aromatic heterocycles.